The number of nitrogens with zero attached hydrogens (tertiary/aromatic N) is 3. The van der Waals surface area contributed by atoms with E-state index in [1.165, 1.54) is 48.9 Å². The van der Waals surface area contributed by atoms with Gasteiger partial charge in [-0.2, -0.15) is 0 Å². The van der Waals surface area contributed by atoms with Gasteiger partial charge in [-0.15, -0.1) is 5.73 Å². The fourth-order valence-electron chi connectivity index (χ4n) is 8.34. The average Bonchev–Trinajstić information content (AvgIpc) is 3.67. The van der Waals surface area contributed by atoms with Gasteiger partial charge >= 0.3 is 0 Å². The normalized spacial score (nSPS) is 12.8. The van der Waals surface area contributed by atoms with Crippen LogP contribution >= 0.6 is 0 Å². The predicted octanol–water partition coefficient (Wildman–Crippen LogP) is 10.8. The van der Waals surface area contributed by atoms with Crippen LogP contribution in [0.1, 0.15) is 5.56 Å². The first kappa shape index (κ1) is 29.5. The fourth-order valence-corrected chi connectivity index (χ4v) is 8.34. The molecule has 0 unspecified atom stereocenters. The topological polar surface area (TPSA) is 22.2 Å². The van der Waals surface area contributed by atoms with Crippen LogP contribution in [-0.2, 0) is 0 Å². The monoisotopic (exact) mass is 673 g/mol. The van der Waals surface area contributed by atoms with Crippen LogP contribution in [0, 0.1) is 0 Å². The maximum Gasteiger partial charge on any atom is 0.146 e. The number of benzene rings is 8. The molecule has 1 aliphatic rings. The zero-order valence-electron chi connectivity index (χ0n) is 28.7. The predicted molar refractivity (Wildman–Crippen MR) is 222 cm³/mol. The van der Waals surface area contributed by atoms with E-state index >= 15 is 0 Å². The van der Waals surface area contributed by atoms with Crippen LogP contribution in [0.3, 0.4) is 0 Å². The van der Waals surface area contributed by atoms with E-state index in [0.717, 1.165) is 49.8 Å². The maximum atomic E-state index is 5.55. The summed E-state index contributed by atoms with van der Waals surface area (Å²) in [6.45, 7) is 0. The molecule has 0 fully saturated rings. The van der Waals surface area contributed by atoms with Gasteiger partial charge in [-0.3, -0.25) is 4.57 Å². The van der Waals surface area contributed by atoms with Gasteiger partial charge in [0.25, 0.3) is 0 Å². The molecular weight excluding hydrogens is 643 g/mol. The molecule has 11 rings (SSSR count). The number of hydrogen-bond donors (Lipinski definition) is 0. The largest absolute Gasteiger partial charge is 0.309 e. The molecule has 0 aliphatic carbocycles. The van der Waals surface area contributed by atoms with E-state index in [0.29, 0.717) is 0 Å². The first-order valence-electron chi connectivity index (χ1n) is 18.1. The molecule has 0 amide bonds. The van der Waals surface area contributed by atoms with Gasteiger partial charge in [-0.25, -0.2) is 4.99 Å². The lowest BCUT2D eigenvalue weighted by Crippen LogP contribution is -2.25. The van der Waals surface area contributed by atoms with Gasteiger partial charge in [0.2, 0.25) is 0 Å². The minimum atomic E-state index is 0.824. The fraction of sp³-hybridized carbons (Fsp3) is 0. The number of para-hydroxylation sites is 3. The van der Waals surface area contributed by atoms with Gasteiger partial charge in [0, 0.05) is 49.3 Å². The van der Waals surface area contributed by atoms with Crippen molar-refractivity contribution in [2.24, 2.45) is 4.99 Å². The molecule has 0 saturated heterocycles. The number of allylic oxidation sites excluding steroid dienone is 1. The minimum Gasteiger partial charge on any atom is -0.309 e. The molecule has 0 radical (unpaired) electrons. The smallest absolute Gasteiger partial charge is 0.146 e. The van der Waals surface area contributed by atoms with Crippen molar-refractivity contribution in [3.05, 3.63) is 204 Å². The third kappa shape index (κ3) is 4.59. The molecule has 246 valence electrons. The van der Waals surface area contributed by atoms with Crippen LogP contribution < -0.4 is 10.4 Å². The van der Waals surface area contributed by atoms with Gasteiger partial charge in [0.15, 0.2) is 0 Å². The van der Waals surface area contributed by atoms with Crippen LogP contribution in [0.15, 0.2) is 193 Å². The van der Waals surface area contributed by atoms with Gasteiger partial charge in [0.1, 0.15) is 5.84 Å². The van der Waals surface area contributed by atoms with Crippen molar-refractivity contribution in [3.8, 4) is 16.8 Å². The Morgan fingerprint density at radius 3 is 1.83 bits per heavy atom. The molecular formula is C50H31N3. The summed E-state index contributed by atoms with van der Waals surface area (Å²) in [5.41, 5.74) is 13.7. The average molecular weight is 674 g/mol. The quantitative estimate of drug-likeness (QED) is 0.178. The number of hydrogen-bond acceptors (Lipinski definition) is 1. The summed E-state index contributed by atoms with van der Waals surface area (Å²) >= 11 is 0. The third-order valence-electron chi connectivity index (χ3n) is 10.7. The van der Waals surface area contributed by atoms with Crippen LogP contribution in [-0.4, -0.2) is 15.0 Å². The lowest BCUT2D eigenvalue weighted by molar-refractivity contribution is 1.19. The lowest BCUT2D eigenvalue weighted by atomic mass is 10.0. The van der Waals surface area contributed by atoms with Crippen LogP contribution in [0.5, 0.6) is 0 Å². The van der Waals surface area contributed by atoms with E-state index in [1.54, 1.807) is 0 Å². The molecule has 10 aromatic rings. The summed E-state index contributed by atoms with van der Waals surface area (Å²) < 4.78 is 4.72. The summed E-state index contributed by atoms with van der Waals surface area (Å²) in [5, 5.41) is 9.42. The minimum absolute atomic E-state index is 0.824. The first-order chi connectivity index (χ1) is 26.3. The molecule has 1 aliphatic heterocycles. The van der Waals surface area contributed by atoms with Gasteiger partial charge in [0.05, 0.1) is 27.8 Å². The van der Waals surface area contributed by atoms with Crippen molar-refractivity contribution >= 4 is 71.6 Å². The van der Waals surface area contributed by atoms with E-state index < -0.39 is 0 Å². The van der Waals surface area contributed by atoms with Crippen LogP contribution in [0.25, 0.3) is 82.6 Å². The van der Waals surface area contributed by atoms with Crippen molar-refractivity contribution in [3.63, 3.8) is 0 Å². The standard InChI is InChI=1S/C50H31N3/c1-2-13-33(14-3-1)36-16-12-17-37(31-36)50-39-18-5-4-15-34(39)27-30-48(51-50)53-46-24-11-8-21-42(46)49-43-32-38(28-25-35(43)26-29-47(49)53)52-44-22-9-6-19-40(44)41-20-7-10-23-45(41)52/h1-26,28-32H. The van der Waals surface area contributed by atoms with Gasteiger partial charge in [-0.1, -0.05) is 133 Å². The van der Waals surface area contributed by atoms with Crippen molar-refractivity contribution in [1.82, 2.24) is 9.13 Å². The van der Waals surface area contributed by atoms with E-state index in [2.05, 4.69) is 203 Å². The molecule has 0 N–H and O–H groups in total. The van der Waals surface area contributed by atoms with E-state index in [-0.39, 0.29) is 0 Å². The molecule has 0 saturated carbocycles. The Morgan fingerprint density at radius 1 is 0.415 bits per heavy atom. The van der Waals surface area contributed by atoms with Crippen LogP contribution in [0.4, 0.5) is 0 Å². The second kappa shape index (κ2) is 11.7. The second-order valence-electron chi connectivity index (χ2n) is 13.7. The van der Waals surface area contributed by atoms with Gasteiger partial charge in [-0.05, 0) is 70.4 Å². The highest BCUT2D eigenvalue weighted by Crippen LogP contribution is 2.38. The molecule has 0 bridgehead atoms. The summed E-state index contributed by atoms with van der Waals surface area (Å²) in [6.07, 6.45) is 2.05. The Bertz CT molecular complexity index is 3260. The Hall–Kier alpha value is -7.19. The van der Waals surface area contributed by atoms with E-state index in [1.807, 2.05) is 0 Å². The molecule has 0 atom stereocenters. The highest BCUT2D eigenvalue weighted by Gasteiger charge is 2.19. The number of aromatic nitrogens is 2. The molecule has 3 heteroatoms. The Morgan fingerprint density at radius 2 is 1.04 bits per heavy atom. The Labute approximate surface area is 305 Å². The summed E-state index contributed by atoms with van der Waals surface area (Å²) in [7, 11) is 0. The SMILES string of the molecule is C1=CC(n2c3ccccc3c3c4cc(-n5c6ccccc6c6ccccc65)ccc4ccc32)=NC(c2cccc(-c3ccccc3)c2)=c2ccccc2=1. The van der Waals surface area contributed by atoms with Crippen molar-refractivity contribution < 1.29 is 0 Å². The molecule has 3 nitrogen and oxygen atoms in total. The van der Waals surface area contributed by atoms with Crippen molar-refractivity contribution in [2.45, 2.75) is 0 Å². The summed E-state index contributed by atoms with van der Waals surface area (Å²) in [4.78, 5) is 5.55. The van der Waals surface area contributed by atoms with Gasteiger partial charge < -0.3 is 4.57 Å². The van der Waals surface area contributed by atoms with E-state index in [4.69, 9.17) is 4.99 Å². The van der Waals surface area contributed by atoms with Crippen molar-refractivity contribution in [2.75, 3.05) is 0 Å². The highest BCUT2D eigenvalue weighted by atomic mass is 15.1. The lowest BCUT2D eigenvalue weighted by Gasteiger charge is -2.12. The third-order valence-corrected chi connectivity index (χ3v) is 10.7. The summed E-state index contributed by atoms with van der Waals surface area (Å²) in [6, 6.07) is 65.2. The van der Waals surface area contributed by atoms with E-state index in [9.17, 15) is 0 Å². The second-order valence-corrected chi connectivity index (χ2v) is 13.7. The van der Waals surface area contributed by atoms with Crippen molar-refractivity contribution in [1.29, 1.82) is 0 Å². The Kier molecular flexibility index (Phi) is 6.51. The first-order valence-corrected chi connectivity index (χ1v) is 18.1. The molecule has 53 heavy (non-hydrogen) atoms. The molecule has 8 aromatic carbocycles. The number of aliphatic imine (C=N–C) groups is 1. The van der Waals surface area contributed by atoms with Crippen LogP contribution in [0.2, 0.25) is 0 Å². The maximum absolute atomic E-state index is 5.55. The molecule has 2 aromatic heterocycles. The Balaban J connectivity index is 1.18. The number of fused-ring (bicyclic) bond motifs is 9. The summed E-state index contributed by atoms with van der Waals surface area (Å²) in [5.74, 6) is 0.824. The zero-order valence-corrected chi connectivity index (χ0v) is 28.7. The number of rotatable bonds is 3. The highest BCUT2D eigenvalue weighted by molar-refractivity contribution is 6.25. The zero-order chi connectivity index (χ0) is 34.9. The molecule has 3 heterocycles. The molecule has 0 spiro atoms.